The zero-order valence-electron chi connectivity index (χ0n) is 22.1. The van der Waals surface area contributed by atoms with Crippen LogP contribution in [0.3, 0.4) is 0 Å². The summed E-state index contributed by atoms with van der Waals surface area (Å²) in [6.07, 6.45) is 1.01. The van der Waals surface area contributed by atoms with Gasteiger partial charge in [-0.1, -0.05) is 0 Å². The van der Waals surface area contributed by atoms with Gasteiger partial charge in [0, 0.05) is 12.2 Å². The highest BCUT2D eigenvalue weighted by Gasteiger charge is 2.27. The van der Waals surface area contributed by atoms with E-state index in [0.29, 0.717) is 28.3 Å². The van der Waals surface area contributed by atoms with E-state index < -0.39 is 17.7 Å². The van der Waals surface area contributed by atoms with Crippen molar-refractivity contribution in [3.63, 3.8) is 0 Å². The maximum absolute atomic E-state index is 12.6. The van der Waals surface area contributed by atoms with Crippen LogP contribution >= 0.6 is 0 Å². The fourth-order valence-corrected chi connectivity index (χ4v) is 3.53. The number of pyridine rings is 1. The van der Waals surface area contributed by atoms with Crippen molar-refractivity contribution in [3.05, 3.63) is 46.5 Å². The largest absolute Gasteiger partial charge is 0.462 e. The third kappa shape index (κ3) is 7.90. The SMILES string of the molecule is CCOC(=O)c1cc(C)[nH]c1/C=C1\C(=O)Nc2ccc(CNC(=O)COCCNC(=O)OC(C)(C)C)nc21. The van der Waals surface area contributed by atoms with E-state index in [4.69, 9.17) is 14.2 Å². The highest BCUT2D eigenvalue weighted by molar-refractivity contribution is 6.34. The minimum absolute atomic E-state index is 0.114. The molecule has 2 aromatic heterocycles. The van der Waals surface area contributed by atoms with Crippen LogP contribution in [0.2, 0.25) is 0 Å². The van der Waals surface area contributed by atoms with Crippen LogP contribution < -0.4 is 16.0 Å². The van der Waals surface area contributed by atoms with Crippen molar-refractivity contribution in [2.45, 2.75) is 46.8 Å². The number of ether oxygens (including phenoxy) is 3. The van der Waals surface area contributed by atoms with Gasteiger partial charge in [-0.05, 0) is 58.9 Å². The topological polar surface area (TPSA) is 161 Å². The molecule has 1 aliphatic rings. The number of aryl methyl sites for hydroxylation is 1. The van der Waals surface area contributed by atoms with Crippen LogP contribution in [0.1, 0.15) is 60.8 Å². The number of carbonyl (C=O) groups excluding carboxylic acids is 4. The second kappa shape index (κ2) is 12.4. The number of nitrogens with zero attached hydrogens (tertiary/aromatic N) is 1. The van der Waals surface area contributed by atoms with E-state index in [1.54, 1.807) is 58.9 Å². The van der Waals surface area contributed by atoms with Gasteiger partial charge < -0.3 is 35.1 Å². The number of anilines is 1. The molecule has 0 saturated heterocycles. The second-order valence-corrected chi connectivity index (χ2v) is 9.47. The average molecular weight is 528 g/mol. The summed E-state index contributed by atoms with van der Waals surface area (Å²) in [5.74, 6) is -1.21. The van der Waals surface area contributed by atoms with E-state index in [1.807, 2.05) is 0 Å². The van der Waals surface area contributed by atoms with Gasteiger partial charge in [-0.3, -0.25) is 9.59 Å². The number of rotatable bonds is 10. The predicted octanol–water partition coefficient (Wildman–Crippen LogP) is 2.55. The number of H-pyrrole nitrogens is 1. The van der Waals surface area contributed by atoms with Gasteiger partial charge in [-0.2, -0.15) is 0 Å². The van der Waals surface area contributed by atoms with Crippen molar-refractivity contribution in [1.29, 1.82) is 0 Å². The van der Waals surface area contributed by atoms with E-state index in [1.165, 1.54) is 0 Å². The number of aromatic nitrogens is 2. The number of aromatic amines is 1. The average Bonchev–Trinajstić information content (AvgIpc) is 3.35. The number of hydrogen-bond acceptors (Lipinski definition) is 8. The van der Waals surface area contributed by atoms with E-state index >= 15 is 0 Å². The van der Waals surface area contributed by atoms with Crippen molar-refractivity contribution >= 4 is 41.2 Å². The first-order chi connectivity index (χ1) is 18.0. The van der Waals surface area contributed by atoms with Crippen LogP contribution in [0.15, 0.2) is 18.2 Å². The van der Waals surface area contributed by atoms with Gasteiger partial charge in [0.05, 0.1) is 53.7 Å². The molecule has 204 valence electrons. The molecule has 0 unspecified atom stereocenters. The highest BCUT2D eigenvalue weighted by atomic mass is 16.6. The summed E-state index contributed by atoms with van der Waals surface area (Å²) in [5, 5.41) is 8.00. The summed E-state index contributed by atoms with van der Waals surface area (Å²) < 4.78 is 15.5. The van der Waals surface area contributed by atoms with Crippen molar-refractivity contribution in [3.8, 4) is 0 Å². The van der Waals surface area contributed by atoms with Crippen LogP contribution in [0.25, 0.3) is 11.6 Å². The molecule has 0 aromatic carbocycles. The number of hydrogen-bond donors (Lipinski definition) is 4. The number of fused-ring (bicyclic) bond motifs is 1. The van der Waals surface area contributed by atoms with Gasteiger partial charge in [-0.25, -0.2) is 14.6 Å². The Morgan fingerprint density at radius 3 is 2.63 bits per heavy atom. The van der Waals surface area contributed by atoms with Crippen LogP contribution in [0.4, 0.5) is 10.5 Å². The zero-order valence-corrected chi connectivity index (χ0v) is 22.1. The molecule has 12 nitrogen and oxygen atoms in total. The van der Waals surface area contributed by atoms with Gasteiger partial charge >= 0.3 is 12.1 Å². The van der Waals surface area contributed by atoms with Crippen LogP contribution in [0.5, 0.6) is 0 Å². The fraction of sp³-hybridized carbons (Fsp3) is 0.423. The standard InChI is InChI=1S/C26H33N5O7/c1-6-37-24(34)17-11-15(2)29-20(17)12-18-22-19(31-23(18)33)8-7-16(30-22)13-28-21(32)14-36-10-9-27-25(35)38-26(3,4)5/h7-8,11-12,29H,6,9-10,13-14H2,1-5H3,(H,27,35)(H,28,32)(H,31,33)/b18-12-. The second-order valence-electron chi connectivity index (χ2n) is 9.47. The summed E-state index contributed by atoms with van der Waals surface area (Å²) in [6, 6.07) is 5.05. The molecule has 0 spiro atoms. The Morgan fingerprint density at radius 2 is 1.92 bits per heavy atom. The molecule has 0 atom stereocenters. The van der Waals surface area contributed by atoms with E-state index in [-0.39, 0.29) is 50.3 Å². The molecule has 2 aromatic rings. The quantitative estimate of drug-likeness (QED) is 0.208. The van der Waals surface area contributed by atoms with Gasteiger partial charge in [-0.15, -0.1) is 0 Å². The maximum Gasteiger partial charge on any atom is 0.407 e. The molecular weight excluding hydrogens is 494 g/mol. The van der Waals surface area contributed by atoms with E-state index in [2.05, 4.69) is 25.9 Å². The van der Waals surface area contributed by atoms with Crippen molar-refractivity contribution in [1.82, 2.24) is 20.6 Å². The first-order valence-corrected chi connectivity index (χ1v) is 12.2. The molecule has 0 radical (unpaired) electrons. The minimum atomic E-state index is -0.594. The molecule has 3 rings (SSSR count). The Bertz CT molecular complexity index is 1240. The Kier molecular flexibility index (Phi) is 9.24. The summed E-state index contributed by atoms with van der Waals surface area (Å²) in [6.45, 7) is 9.29. The zero-order chi connectivity index (χ0) is 27.9. The van der Waals surface area contributed by atoms with Gasteiger partial charge in [0.25, 0.3) is 5.91 Å². The van der Waals surface area contributed by atoms with Crippen LogP contribution in [-0.2, 0) is 30.3 Å². The fourth-order valence-electron chi connectivity index (χ4n) is 3.53. The number of nitrogens with one attached hydrogen (secondary N) is 4. The van der Waals surface area contributed by atoms with Crippen LogP contribution in [-0.4, -0.2) is 65.8 Å². The Hall–Kier alpha value is -4.19. The lowest BCUT2D eigenvalue weighted by Crippen LogP contribution is -2.35. The summed E-state index contributed by atoms with van der Waals surface area (Å²) in [7, 11) is 0. The molecule has 38 heavy (non-hydrogen) atoms. The van der Waals surface area contributed by atoms with Gasteiger partial charge in [0.15, 0.2) is 0 Å². The molecule has 3 amide bonds. The normalized spacial score (nSPS) is 13.6. The molecule has 1 aliphatic heterocycles. The van der Waals surface area contributed by atoms with Gasteiger partial charge in [0.2, 0.25) is 5.91 Å². The van der Waals surface area contributed by atoms with Crippen LogP contribution in [0, 0.1) is 6.92 Å². The third-order valence-corrected chi connectivity index (χ3v) is 5.08. The number of esters is 1. The maximum atomic E-state index is 12.6. The molecule has 3 heterocycles. The molecule has 12 heteroatoms. The highest BCUT2D eigenvalue weighted by Crippen LogP contribution is 2.32. The summed E-state index contributed by atoms with van der Waals surface area (Å²) >= 11 is 0. The molecule has 4 N–H and O–H groups in total. The van der Waals surface area contributed by atoms with Crippen molar-refractivity contribution in [2.24, 2.45) is 0 Å². The molecule has 0 aliphatic carbocycles. The summed E-state index contributed by atoms with van der Waals surface area (Å²) in [4.78, 5) is 56.3. The molecule has 0 fully saturated rings. The Labute approximate surface area is 220 Å². The summed E-state index contributed by atoms with van der Waals surface area (Å²) in [5.41, 5.74) is 2.65. The lowest BCUT2D eigenvalue weighted by atomic mass is 10.1. The van der Waals surface area contributed by atoms with Crippen molar-refractivity contribution < 1.29 is 33.4 Å². The van der Waals surface area contributed by atoms with Crippen molar-refractivity contribution in [2.75, 3.05) is 31.7 Å². The smallest absolute Gasteiger partial charge is 0.407 e. The first-order valence-electron chi connectivity index (χ1n) is 12.2. The minimum Gasteiger partial charge on any atom is -0.462 e. The molecule has 0 saturated carbocycles. The number of carbonyl (C=O) groups is 4. The lowest BCUT2D eigenvalue weighted by molar-refractivity contribution is -0.125. The van der Waals surface area contributed by atoms with Gasteiger partial charge in [0.1, 0.15) is 12.2 Å². The van der Waals surface area contributed by atoms with E-state index in [0.717, 1.165) is 5.69 Å². The Morgan fingerprint density at radius 1 is 1.16 bits per heavy atom. The predicted molar refractivity (Wildman–Crippen MR) is 139 cm³/mol. The molecule has 0 bridgehead atoms. The lowest BCUT2D eigenvalue weighted by Gasteiger charge is -2.19. The number of amides is 3. The monoisotopic (exact) mass is 527 g/mol. The van der Waals surface area contributed by atoms with E-state index in [9.17, 15) is 19.2 Å². The number of alkyl carbamates (subject to hydrolysis) is 1. The first kappa shape index (κ1) is 28.4. The molecular formula is C26H33N5O7. The third-order valence-electron chi connectivity index (χ3n) is 5.08. The Balaban J connectivity index is 1.57.